The standard InChI is InChI=1S/C21H22FN3O3/c1-13(15-9-10-19(27-3)20(11-15)28-4)24-21(26)16-12-23-25(14(16)2)18-8-6-5-7-17(18)22/h5-13H,1-4H3,(H,24,26). The highest BCUT2D eigenvalue weighted by atomic mass is 19.1. The monoisotopic (exact) mass is 383 g/mol. The first-order valence-electron chi connectivity index (χ1n) is 8.78. The van der Waals surface area contributed by atoms with Crippen molar-refractivity contribution < 1.29 is 18.7 Å². The molecule has 0 aliphatic heterocycles. The van der Waals surface area contributed by atoms with Gasteiger partial charge in [0.1, 0.15) is 11.5 Å². The predicted octanol–water partition coefficient (Wildman–Crippen LogP) is 3.83. The average Bonchev–Trinajstić information content (AvgIpc) is 3.09. The van der Waals surface area contributed by atoms with E-state index in [2.05, 4.69) is 10.4 Å². The first-order chi connectivity index (χ1) is 13.5. The number of carbonyl (C=O) groups excluding carboxylic acids is 1. The third kappa shape index (κ3) is 3.69. The smallest absolute Gasteiger partial charge is 0.255 e. The minimum atomic E-state index is -0.403. The van der Waals surface area contributed by atoms with Crippen molar-refractivity contribution in [1.82, 2.24) is 15.1 Å². The zero-order chi connectivity index (χ0) is 20.3. The lowest BCUT2D eigenvalue weighted by Gasteiger charge is -2.16. The van der Waals surface area contributed by atoms with Crippen LogP contribution in [0, 0.1) is 12.7 Å². The maximum atomic E-state index is 14.0. The van der Waals surface area contributed by atoms with Crippen molar-refractivity contribution in [1.29, 1.82) is 0 Å². The Morgan fingerprint density at radius 2 is 1.86 bits per heavy atom. The van der Waals surface area contributed by atoms with Crippen LogP contribution in [0.4, 0.5) is 4.39 Å². The van der Waals surface area contributed by atoms with Gasteiger partial charge in [-0.15, -0.1) is 0 Å². The molecule has 0 aliphatic rings. The van der Waals surface area contributed by atoms with E-state index in [9.17, 15) is 9.18 Å². The van der Waals surface area contributed by atoms with Crippen LogP contribution >= 0.6 is 0 Å². The van der Waals surface area contributed by atoms with Gasteiger partial charge in [0.2, 0.25) is 0 Å². The molecule has 146 valence electrons. The molecule has 0 radical (unpaired) electrons. The Hall–Kier alpha value is -3.35. The molecule has 0 spiro atoms. The Kier molecular flexibility index (Phi) is 5.63. The summed E-state index contributed by atoms with van der Waals surface area (Å²) in [5, 5.41) is 7.12. The van der Waals surface area contributed by atoms with Crippen molar-refractivity contribution in [2.24, 2.45) is 0 Å². The summed E-state index contributed by atoms with van der Waals surface area (Å²) in [5.41, 5.74) is 2.11. The molecule has 3 aromatic rings. The molecule has 1 heterocycles. The number of nitrogens with one attached hydrogen (secondary N) is 1. The highest BCUT2D eigenvalue weighted by Gasteiger charge is 2.19. The van der Waals surface area contributed by atoms with E-state index in [-0.39, 0.29) is 11.9 Å². The molecule has 1 aromatic heterocycles. The summed E-state index contributed by atoms with van der Waals surface area (Å²) < 4.78 is 26.0. The molecular formula is C21H22FN3O3. The Balaban J connectivity index is 1.81. The fraction of sp³-hybridized carbons (Fsp3) is 0.238. The van der Waals surface area contributed by atoms with Gasteiger partial charge in [-0.3, -0.25) is 4.79 Å². The molecule has 2 aromatic carbocycles. The molecule has 1 amide bonds. The van der Waals surface area contributed by atoms with Gasteiger partial charge in [0.15, 0.2) is 11.5 Å². The topological polar surface area (TPSA) is 65.4 Å². The number of nitrogens with zero attached hydrogens (tertiary/aromatic N) is 2. The van der Waals surface area contributed by atoms with Gasteiger partial charge in [0.05, 0.1) is 37.7 Å². The maximum absolute atomic E-state index is 14.0. The number of rotatable bonds is 6. The summed E-state index contributed by atoms with van der Waals surface area (Å²) in [6.45, 7) is 3.60. The molecular weight excluding hydrogens is 361 g/mol. The molecule has 0 fully saturated rings. The summed E-state index contributed by atoms with van der Waals surface area (Å²) in [6.07, 6.45) is 1.44. The Morgan fingerprint density at radius 3 is 2.54 bits per heavy atom. The number of para-hydroxylation sites is 1. The number of carbonyl (C=O) groups is 1. The number of amides is 1. The number of halogens is 1. The van der Waals surface area contributed by atoms with Gasteiger partial charge in [-0.05, 0) is 43.7 Å². The molecule has 28 heavy (non-hydrogen) atoms. The summed E-state index contributed by atoms with van der Waals surface area (Å²) in [5.74, 6) is 0.512. The van der Waals surface area contributed by atoms with Gasteiger partial charge >= 0.3 is 0 Å². The lowest BCUT2D eigenvalue weighted by atomic mass is 10.1. The van der Waals surface area contributed by atoms with E-state index in [4.69, 9.17) is 9.47 Å². The Morgan fingerprint density at radius 1 is 1.14 bits per heavy atom. The fourth-order valence-electron chi connectivity index (χ4n) is 2.98. The molecule has 0 bridgehead atoms. The van der Waals surface area contributed by atoms with Crippen molar-refractivity contribution in [2.45, 2.75) is 19.9 Å². The second kappa shape index (κ2) is 8.12. The van der Waals surface area contributed by atoms with Crippen LogP contribution in [0.5, 0.6) is 11.5 Å². The van der Waals surface area contributed by atoms with Crippen LogP contribution in [0.25, 0.3) is 5.69 Å². The summed E-state index contributed by atoms with van der Waals surface area (Å²) in [4.78, 5) is 12.7. The van der Waals surface area contributed by atoms with Crippen molar-refractivity contribution in [3.05, 3.63) is 71.3 Å². The second-order valence-electron chi connectivity index (χ2n) is 6.32. The van der Waals surface area contributed by atoms with E-state index in [1.165, 1.54) is 16.9 Å². The van der Waals surface area contributed by atoms with E-state index in [1.54, 1.807) is 45.4 Å². The summed E-state index contributed by atoms with van der Waals surface area (Å²) in [7, 11) is 3.13. The van der Waals surface area contributed by atoms with Gasteiger partial charge in [0.25, 0.3) is 5.91 Å². The number of benzene rings is 2. The number of aromatic nitrogens is 2. The highest BCUT2D eigenvalue weighted by molar-refractivity contribution is 5.95. The Labute approximate surface area is 162 Å². The van der Waals surface area contributed by atoms with Crippen LogP contribution in [-0.2, 0) is 0 Å². The zero-order valence-electron chi connectivity index (χ0n) is 16.2. The average molecular weight is 383 g/mol. The molecule has 0 saturated heterocycles. The molecule has 1 unspecified atom stereocenters. The van der Waals surface area contributed by atoms with Crippen molar-refractivity contribution in [3.8, 4) is 17.2 Å². The van der Waals surface area contributed by atoms with E-state index in [1.807, 2.05) is 19.1 Å². The molecule has 0 saturated carbocycles. The quantitative estimate of drug-likeness (QED) is 0.703. The van der Waals surface area contributed by atoms with E-state index in [0.29, 0.717) is 28.4 Å². The van der Waals surface area contributed by atoms with Gasteiger partial charge in [0, 0.05) is 0 Å². The first-order valence-corrected chi connectivity index (χ1v) is 8.78. The third-order valence-electron chi connectivity index (χ3n) is 4.59. The highest BCUT2D eigenvalue weighted by Crippen LogP contribution is 2.30. The molecule has 0 aliphatic carbocycles. The summed E-state index contributed by atoms with van der Waals surface area (Å²) in [6, 6.07) is 11.5. The molecule has 6 nitrogen and oxygen atoms in total. The van der Waals surface area contributed by atoms with Crippen LogP contribution in [0.15, 0.2) is 48.7 Å². The van der Waals surface area contributed by atoms with Crippen molar-refractivity contribution in [2.75, 3.05) is 14.2 Å². The lowest BCUT2D eigenvalue weighted by molar-refractivity contribution is 0.0939. The van der Waals surface area contributed by atoms with Crippen LogP contribution in [0.2, 0.25) is 0 Å². The van der Waals surface area contributed by atoms with Crippen LogP contribution in [-0.4, -0.2) is 29.9 Å². The lowest BCUT2D eigenvalue weighted by Crippen LogP contribution is -2.27. The summed E-state index contributed by atoms with van der Waals surface area (Å²) >= 11 is 0. The van der Waals surface area contributed by atoms with Crippen molar-refractivity contribution in [3.63, 3.8) is 0 Å². The fourth-order valence-corrected chi connectivity index (χ4v) is 2.98. The first kappa shape index (κ1) is 19.4. The van der Waals surface area contributed by atoms with Gasteiger partial charge in [-0.2, -0.15) is 5.10 Å². The number of ether oxygens (including phenoxy) is 2. The normalized spacial score (nSPS) is 11.8. The van der Waals surface area contributed by atoms with E-state index in [0.717, 1.165) is 5.56 Å². The molecule has 1 N–H and O–H groups in total. The number of hydrogen-bond donors (Lipinski definition) is 1. The van der Waals surface area contributed by atoms with Crippen LogP contribution in [0.3, 0.4) is 0 Å². The van der Waals surface area contributed by atoms with Crippen LogP contribution < -0.4 is 14.8 Å². The molecule has 3 rings (SSSR count). The van der Waals surface area contributed by atoms with Crippen molar-refractivity contribution >= 4 is 5.91 Å². The van der Waals surface area contributed by atoms with E-state index < -0.39 is 5.82 Å². The Bertz CT molecular complexity index is 1000. The minimum absolute atomic E-state index is 0.275. The van der Waals surface area contributed by atoms with E-state index >= 15 is 0 Å². The SMILES string of the molecule is COc1ccc(C(C)NC(=O)c2cnn(-c3ccccc3F)c2C)cc1OC. The maximum Gasteiger partial charge on any atom is 0.255 e. The van der Waals surface area contributed by atoms with Gasteiger partial charge < -0.3 is 14.8 Å². The second-order valence-corrected chi connectivity index (χ2v) is 6.32. The third-order valence-corrected chi connectivity index (χ3v) is 4.59. The minimum Gasteiger partial charge on any atom is -0.493 e. The zero-order valence-corrected chi connectivity index (χ0v) is 16.2. The van der Waals surface area contributed by atoms with Crippen LogP contribution in [0.1, 0.15) is 34.6 Å². The van der Waals surface area contributed by atoms with Gasteiger partial charge in [-0.25, -0.2) is 9.07 Å². The molecule has 7 heteroatoms. The number of methoxy groups -OCH3 is 2. The predicted molar refractivity (Wildman–Crippen MR) is 104 cm³/mol. The number of hydrogen-bond acceptors (Lipinski definition) is 4. The largest absolute Gasteiger partial charge is 0.493 e. The molecule has 1 atom stereocenters. The van der Waals surface area contributed by atoms with Gasteiger partial charge in [-0.1, -0.05) is 18.2 Å².